The van der Waals surface area contributed by atoms with Crippen LogP contribution in [0.5, 0.6) is 5.75 Å². The lowest BCUT2D eigenvalue weighted by Gasteiger charge is -2.01. The van der Waals surface area contributed by atoms with Crippen molar-refractivity contribution in [3.63, 3.8) is 0 Å². The summed E-state index contributed by atoms with van der Waals surface area (Å²) >= 11 is 0. The van der Waals surface area contributed by atoms with Crippen molar-refractivity contribution in [2.75, 3.05) is 0 Å². The standard InChI is InChI=1S/C12H20O2.C7H6O6S/c13-12(14)11-9-7-5-3-1-2-4-6-8-10-11;8-6-2-1-4(14(11,12)13)3-5(6)7(9)10/h9H,1-8,10H2,(H,13,14);1-3,8H,(H,9,10)(H,11,12,13)/b11-9+;. The Morgan fingerprint density at radius 3 is 1.96 bits per heavy atom. The summed E-state index contributed by atoms with van der Waals surface area (Å²) in [4.78, 5) is 20.7. The van der Waals surface area contributed by atoms with E-state index in [0.29, 0.717) is 11.6 Å². The molecule has 4 N–H and O–H groups in total. The number of hydrogen-bond acceptors (Lipinski definition) is 5. The molecule has 0 bridgehead atoms. The molecule has 0 amide bonds. The first kappa shape index (κ1) is 23.6. The molecule has 28 heavy (non-hydrogen) atoms. The molecule has 0 aliphatic heterocycles. The zero-order valence-corrected chi connectivity index (χ0v) is 16.3. The van der Waals surface area contributed by atoms with Gasteiger partial charge in [-0.1, -0.05) is 38.2 Å². The zero-order valence-electron chi connectivity index (χ0n) is 15.5. The van der Waals surface area contributed by atoms with E-state index in [9.17, 15) is 18.0 Å². The van der Waals surface area contributed by atoms with Gasteiger partial charge in [0.1, 0.15) is 11.3 Å². The molecule has 156 valence electrons. The van der Waals surface area contributed by atoms with Crippen LogP contribution in [0.1, 0.15) is 68.1 Å². The molecule has 0 atom stereocenters. The molecule has 0 saturated heterocycles. The molecule has 0 aromatic heterocycles. The Labute approximate surface area is 164 Å². The zero-order chi connectivity index (χ0) is 21.2. The van der Waals surface area contributed by atoms with Gasteiger partial charge >= 0.3 is 11.9 Å². The van der Waals surface area contributed by atoms with Crippen LogP contribution >= 0.6 is 0 Å². The average Bonchev–Trinajstić information content (AvgIpc) is 2.66. The van der Waals surface area contributed by atoms with Gasteiger partial charge in [0.25, 0.3) is 10.1 Å². The van der Waals surface area contributed by atoms with Gasteiger partial charge in [-0.15, -0.1) is 0 Å². The Bertz CT molecular complexity index is 811. The molecule has 8 nitrogen and oxygen atoms in total. The van der Waals surface area contributed by atoms with Gasteiger partial charge in [-0.2, -0.15) is 8.42 Å². The highest BCUT2D eigenvalue weighted by atomic mass is 32.2. The normalized spacial score (nSPS) is 17.8. The Hall–Kier alpha value is -2.39. The van der Waals surface area contributed by atoms with E-state index in [-0.39, 0.29) is 0 Å². The molecule has 0 fully saturated rings. The minimum Gasteiger partial charge on any atom is -0.507 e. The average molecular weight is 414 g/mol. The molecule has 1 aromatic carbocycles. The maximum atomic E-state index is 10.8. The Kier molecular flexibility index (Phi) is 9.67. The Balaban J connectivity index is 0.000000280. The number of phenols is 1. The van der Waals surface area contributed by atoms with Crippen LogP contribution in [0.4, 0.5) is 0 Å². The number of allylic oxidation sites excluding steroid dienone is 1. The third-order valence-corrected chi connectivity index (χ3v) is 5.16. The highest BCUT2D eigenvalue weighted by molar-refractivity contribution is 7.85. The summed E-state index contributed by atoms with van der Waals surface area (Å²) in [6.45, 7) is 0. The molecular formula is C19H26O8S. The molecule has 0 radical (unpaired) electrons. The lowest BCUT2D eigenvalue weighted by molar-refractivity contribution is -0.132. The van der Waals surface area contributed by atoms with Crippen molar-refractivity contribution in [1.82, 2.24) is 0 Å². The van der Waals surface area contributed by atoms with Gasteiger partial charge in [0.2, 0.25) is 0 Å². The molecule has 0 heterocycles. The summed E-state index contributed by atoms with van der Waals surface area (Å²) in [5.41, 5.74) is 0.0482. The number of carbonyl (C=O) groups is 2. The summed E-state index contributed by atoms with van der Waals surface area (Å²) in [6, 6.07) is 2.46. The van der Waals surface area contributed by atoms with Crippen LogP contribution in [0.3, 0.4) is 0 Å². The van der Waals surface area contributed by atoms with E-state index < -0.39 is 38.3 Å². The molecule has 9 heteroatoms. The maximum absolute atomic E-state index is 10.8. The van der Waals surface area contributed by atoms with Gasteiger partial charge in [-0.25, -0.2) is 9.59 Å². The number of aromatic carboxylic acids is 1. The van der Waals surface area contributed by atoms with Gasteiger partial charge in [0, 0.05) is 5.57 Å². The van der Waals surface area contributed by atoms with Crippen LogP contribution in [-0.2, 0) is 14.9 Å². The molecule has 0 unspecified atom stereocenters. The molecule has 1 aliphatic carbocycles. The minimum atomic E-state index is -4.45. The van der Waals surface area contributed by atoms with Crippen molar-refractivity contribution in [3.8, 4) is 5.75 Å². The van der Waals surface area contributed by atoms with Crippen LogP contribution in [0.15, 0.2) is 34.7 Å². The van der Waals surface area contributed by atoms with Crippen LogP contribution in [0.25, 0.3) is 0 Å². The van der Waals surface area contributed by atoms with E-state index in [1.807, 2.05) is 6.08 Å². The van der Waals surface area contributed by atoms with Gasteiger partial charge in [0.15, 0.2) is 0 Å². The second-order valence-corrected chi connectivity index (χ2v) is 7.93. The van der Waals surface area contributed by atoms with E-state index in [2.05, 4.69) is 0 Å². The number of hydrogen-bond donors (Lipinski definition) is 4. The van der Waals surface area contributed by atoms with Crippen molar-refractivity contribution >= 4 is 22.1 Å². The SMILES string of the molecule is O=C(O)/C1=C/CCCCCCCCC1.O=C(O)c1cc(S(=O)(=O)O)ccc1O. The van der Waals surface area contributed by atoms with Crippen molar-refractivity contribution in [2.45, 2.75) is 62.7 Å². The van der Waals surface area contributed by atoms with Crippen molar-refractivity contribution in [1.29, 1.82) is 0 Å². The fourth-order valence-electron chi connectivity index (χ4n) is 2.76. The third-order valence-electron chi connectivity index (χ3n) is 4.31. The molecule has 0 spiro atoms. The minimum absolute atomic E-state index is 0.565. The van der Waals surface area contributed by atoms with Crippen LogP contribution < -0.4 is 0 Å². The van der Waals surface area contributed by atoms with Crippen LogP contribution in [-0.4, -0.2) is 40.2 Å². The first-order valence-electron chi connectivity index (χ1n) is 9.09. The number of aliphatic carboxylic acids is 1. The van der Waals surface area contributed by atoms with E-state index in [1.165, 1.54) is 32.1 Å². The second kappa shape index (κ2) is 11.5. The first-order valence-corrected chi connectivity index (χ1v) is 10.5. The van der Waals surface area contributed by atoms with Crippen molar-refractivity contribution < 1.29 is 37.9 Å². The number of rotatable bonds is 3. The predicted molar refractivity (Wildman–Crippen MR) is 102 cm³/mol. The van der Waals surface area contributed by atoms with E-state index >= 15 is 0 Å². The topological polar surface area (TPSA) is 149 Å². The molecule has 2 rings (SSSR count). The molecule has 1 aromatic rings. The Morgan fingerprint density at radius 1 is 0.857 bits per heavy atom. The fourth-order valence-corrected chi connectivity index (χ4v) is 3.27. The van der Waals surface area contributed by atoms with Gasteiger partial charge in [-0.3, -0.25) is 4.55 Å². The number of carboxylic acid groups (broad SMARTS) is 2. The Morgan fingerprint density at radius 2 is 1.43 bits per heavy atom. The number of benzene rings is 1. The highest BCUT2D eigenvalue weighted by Gasteiger charge is 2.16. The van der Waals surface area contributed by atoms with E-state index in [0.717, 1.165) is 37.8 Å². The van der Waals surface area contributed by atoms with E-state index in [1.54, 1.807) is 0 Å². The molecule has 0 saturated carbocycles. The van der Waals surface area contributed by atoms with Gasteiger partial charge in [0.05, 0.1) is 4.90 Å². The number of aromatic hydroxyl groups is 1. The summed E-state index contributed by atoms with van der Waals surface area (Å²) in [6.07, 6.45) is 12.2. The largest absolute Gasteiger partial charge is 0.507 e. The second-order valence-electron chi connectivity index (χ2n) is 6.51. The van der Waals surface area contributed by atoms with Gasteiger partial charge < -0.3 is 15.3 Å². The number of carboxylic acids is 2. The maximum Gasteiger partial charge on any atom is 0.339 e. The smallest absolute Gasteiger partial charge is 0.339 e. The van der Waals surface area contributed by atoms with Crippen molar-refractivity contribution in [3.05, 3.63) is 35.4 Å². The fraction of sp³-hybridized carbons (Fsp3) is 0.474. The monoisotopic (exact) mass is 414 g/mol. The quantitative estimate of drug-likeness (QED) is 0.545. The molecular weight excluding hydrogens is 388 g/mol. The van der Waals surface area contributed by atoms with Gasteiger partial charge in [-0.05, 0) is 43.9 Å². The highest BCUT2D eigenvalue weighted by Crippen LogP contribution is 2.21. The van der Waals surface area contributed by atoms with Crippen LogP contribution in [0.2, 0.25) is 0 Å². The first-order chi connectivity index (χ1) is 13.1. The lowest BCUT2D eigenvalue weighted by Crippen LogP contribution is -2.02. The third kappa shape index (κ3) is 8.53. The molecule has 1 aliphatic rings. The van der Waals surface area contributed by atoms with Crippen molar-refractivity contribution in [2.24, 2.45) is 0 Å². The summed E-state index contributed by atoms with van der Waals surface area (Å²) in [7, 11) is -4.45. The summed E-state index contributed by atoms with van der Waals surface area (Å²) in [5.74, 6) is -2.76. The van der Waals surface area contributed by atoms with Crippen LogP contribution in [0, 0.1) is 0 Å². The summed E-state index contributed by atoms with van der Waals surface area (Å²) < 4.78 is 29.8. The summed E-state index contributed by atoms with van der Waals surface area (Å²) in [5, 5.41) is 26.5. The van der Waals surface area contributed by atoms with E-state index in [4.69, 9.17) is 19.9 Å². The predicted octanol–water partition coefficient (Wildman–Crippen LogP) is 3.86. The lowest BCUT2D eigenvalue weighted by atomic mass is 10.1.